The van der Waals surface area contributed by atoms with Crippen LogP contribution in [0.3, 0.4) is 0 Å². The lowest BCUT2D eigenvalue weighted by Gasteiger charge is -2.30. The number of carboxylic acids is 1. The second-order valence-corrected chi connectivity index (χ2v) is 4.43. The quantitative estimate of drug-likeness (QED) is 0.747. The van der Waals surface area contributed by atoms with E-state index in [1.807, 2.05) is 6.92 Å². The largest absolute Gasteiger partial charge is 0.480 e. The van der Waals surface area contributed by atoms with Gasteiger partial charge in [0.25, 0.3) is 0 Å². The topological polar surface area (TPSA) is 58.6 Å². The molecule has 0 saturated carbocycles. The number of benzene rings is 1. The maximum absolute atomic E-state index is 11.6. The van der Waals surface area contributed by atoms with Gasteiger partial charge in [0.2, 0.25) is 0 Å². The van der Waals surface area contributed by atoms with Crippen LogP contribution in [0.1, 0.15) is 18.9 Å². The molecule has 0 aromatic heterocycles. The van der Waals surface area contributed by atoms with Gasteiger partial charge in [-0.1, -0.05) is 30.7 Å². The summed E-state index contributed by atoms with van der Waals surface area (Å²) in [5, 5.41) is 13.1. The Morgan fingerprint density at radius 2 is 2.06 bits per heavy atom. The van der Waals surface area contributed by atoms with Gasteiger partial charge in [0.1, 0.15) is 5.54 Å². The lowest BCUT2D eigenvalue weighted by atomic mass is 9.87. The molecule has 4 nitrogen and oxygen atoms in total. The van der Waals surface area contributed by atoms with E-state index in [0.29, 0.717) is 30.2 Å². The van der Waals surface area contributed by atoms with Gasteiger partial charge in [-0.2, -0.15) is 0 Å². The first-order valence-corrected chi connectivity index (χ1v) is 6.18. The summed E-state index contributed by atoms with van der Waals surface area (Å²) in [5.41, 5.74) is -0.402. The Kier molecular flexibility index (Phi) is 5.59. The zero-order valence-corrected chi connectivity index (χ0v) is 11.3. The van der Waals surface area contributed by atoms with Crippen LogP contribution in [0.15, 0.2) is 24.3 Å². The lowest BCUT2D eigenvalue weighted by molar-refractivity contribution is -0.145. The highest BCUT2D eigenvalue weighted by atomic mass is 35.5. The zero-order chi connectivity index (χ0) is 13.6. The van der Waals surface area contributed by atoms with Crippen LogP contribution in [0.4, 0.5) is 0 Å². The summed E-state index contributed by atoms with van der Waals surface area (Å²) in [6.45, 7) is 2.77. The highest BCUT2D eigenvalue weighted by Gasteiger charge is 2.37. The van der Waals surface area contributed by atoms with Gasteiger partial charge in [0, 0.05) is 18.7 Å². The fourth-order valence-electron chi connectivity index (χ4n) is 1.88. The number of halogens is 1. The molecule has 0 saturated heterocycles. The third-order valence-electron chi connectivity index (χ3n) is 2.97. The third-order valence-corrected chi connectivity index (χ3v) is 3.22. The lowest BCUT2D eigenvalue weighted by Crippen LogP contribution is -2.49. The number of methoxy groups -OCH3 is 1. The maximum Gasteiger partial charge on any atom is 0.328 e. The first-order chi connectivity index (χ1) is 8.56. The molecule has 1 rings (SSSR count). The highest BCUT2D eigenvalue weighted by Crippen LogP contribution is 2.26. The van der Waals surface area contributed by atoms with Crippen LogP contribution in [0.25, 0.3) is 0 Å². The van der Waals surface area contributed by atoms with Gasteiger partial charge < -0.3 is 9.84 Å². The standard InChI is InChI=1S/C13H18ClNO3/c1-3-13(12(16)17,15-8-9-18-2)10-4-6-11(14)7-5-10/h4-7,15H,3,8-9H2,1-2H3,(H,16,17). The molecule has 1 aromatic carbocycles. The number of hydrogen-bond acceptors (Lipinski definition) is 3. The fourth-order valence-corrected chi connectivity index (χ4v) is 2.01. The molecule has 1 unspecified atom stereocenters. The van der Waals surface area contributed by atoms with Crippen molar-refractivity contribution in [2.45, 2.75) is 18.9 Å². The molecule has 18 heavy (non-hydrogen) atoms. The third kappa shape index (κ3) is 3.22. The molecular formula is C13H18ClNO3. The van der Waals surface area contributed by atoms with Crippen molar-refractivity contribution in [3.8, 4) is 0 Å². The van der Waals surface area contributed by atoms with E-state index in [0.717, 1.165) is 0 Å². The monoisotopic (exact) mass is 271 g/mol. The Morgan fingerprint density at radius 3 is 2.50 bits per heavy atom. The van der Waals surface area contributed by atoms with Crippen LogP contribution in [0, 0.1) is 0 Å². The van der Waals surface area contributed by atoms with Gasteiger partial charge in [0.15, 0.2) is 0 Å². The van der Waals surface area contributed by atoms with E-state index in [2.05, 4.69) is 5.32 Å². The van der Waals surface area contributed by atoms with Crippen molar-refractivity contribution in [3.63, 3.8) is 0 Å². The van der Waals surface area contributed by atoms with Gasteiger partial charge in [0.05, 0.1) is 6.61 Å². The molecule has 0 aliphatic carbocycles. The van der Waals surface area contributed by atoms with Crippen molar-refractivity contribution in [3.05, 3.63) is 34.9 Å². The van der Waals surface area contributed by atoms with Gasteiger partial charge in [-0.3, -0.25) is 5.32 Å². The molecule has 100 valence electrons. The summed E-state index contributed by atoms with van der Waals surface area (Å²) in [4.78, 5) is 11.6. The molecule has 0 spiro atoms. The minimum atomic E-state index is -1.09. The number of aliphatic carboxylic acids is 1. The van der Waals surface area contributed by atoms with Gasteiger partial charge in [-0.05, 0) is 24.1 Å². The van der Waals surface area contributed by atoms with Gasteiger partial charge in [-0.25, -0.2) is 4.79 Å². The minimum Gasteiger partial charge on any atom is -0.480 e. The summed E-state index contributed by atoms with van der Waals surface area (Å²) in [6.07, 6.45) is 0.438. The Morgan fingerprint density at radius 1 is 1.44 bits per heavy atom. The number of carbonyl (C=O) groups is 1. The molecule has 1 aromatic rings. The Hall–Kier alpha value is -1.10. The van der Waals surface area contributed by atoms with Crippen LogP contribution >= 0.6 is 11.6 Å². The Labute approximate surface area is 112 Å². The first-order valence-electron chi connectivity index (χ1n) is 5.80. The van der Waals surface area contributed by atoms with E-state index in [1.165, 1.54) is 0 Å². The van der Waals surface area contributed by atoms with E-state index >= 15 is 0 Å². The molecule has 0 fully saturated rings. The van der Waals surface area contributed by atoms with Crippen LogP contribution in [0.2, 0.25) is 5.02 Å². The van der Waals surface area contributed by atoms with Crippen LogP contribution < -0.4 is 5.32 Å². The molecule has 0 radical (unpaired) electrons. The minimum absolute atomic E-state index is 0.438. The van der Waals surface area contributed by atoms with Crippen LogP contribution in [0.5, 0.6) is 0 Å². The average molecular weight is 272 g/mol. The predicted molar refractivity (Wildman–Crippen MR) is 70.9 cm³/mol. The average Bonchev–Trinajstić information content (AvgIpc) is 2.36. The van der Waals surface area contributed by atoms with Gasteiger partial charge >= 0.3 is 5.97 Å². The Balaban J connectivity index is 3.02. The van der Waals surface area contributed by atoms with E-state index in [9.17, 15) is 9.90 Å². The van der Waals surface area contributed by atoms with Crippen molar-refractivity contribution >= 4 is 17.6 Å². The molecule has 0 heterocycles. The molecule has 1 atom stereocenters. The normalized spacial score (nSPS) is 14.2. The van der Waals surface area contributed by atoms with Crippen LogP contribution in [-0.4, -0.2) is 31.3 Å². The second kappa shape index (κ2) is 6.73. The zero-order valence-electron chi connectivity index (χ0n) is 10.6. The summed E-state index contributed by atoms with van der Waals surface area (Å²) in [5.74, 6) is -0.900. The van der Waals surface area contributed by atoms with Crippen molar-refractivity contribution in [2.24, 2.45) is 0 Å². The molecule has 0 bridgehead atoms. The predicted octanol–water partition coefficient (Wildman–Crippen LogP) is 2.27. The SMILES string of the molecule is CCC(NCCOC)(C(=O)O)c1ccc(Cl)cc1. The smallest absolute Gasteiger partial charge is 0.328 e. The van der Waals surface area contributed by atoms with E-state index in [1.54, 1.807) is 31.4 Å². The van der Waals surface area contributed by atoms with Crippen molar-refractivity contribution in [1.82, 2.24) is 5.32 Å². The number of rotatable bonds is 7. The summed E-state index contributed by atoms with van der Waals surface area (Å²) in [6, 6.07) is 6.87. The number of hydrogen-bond donors (Lipinski definition) is 2. The summed E-state index contributed by atoms with van der Waals surface area (Å²) < 4.78 is 4.94. The molecule has 0 aliphatic heterocycles. The molecular weight excluding hydrogens is 254 g/mol. The van der Waals surface area contributed by atoms with Crippen molar-refractivity contribution in [1.29, 1.82) is 0 Å². The van der Waals surface area contributed by atoms with E-state index in [-0.39, 0.29) is 0 Å². The van der Waals surface area contributed by atoms with Gasteiger partial charge in [-0.15, -0.1) is 0 Å². The van der Waals surface area contributed by atoms with E-state index in [4.69, 9.17) is 16.3 Å². The first kappa shape index (κ1) is 15.0. The summed E-state index contributed by atoms with van der Waals surface area (Å²) >= 11 is 5.82. The molecule has 0 amide bonds. The highest BCUT2D eigenvalue weighted by molar-refractivity contribution is 6.30. The number of carboxylic acid groups (broad SMARTS) is 1. The van der Waals surface area contributed by atoms with Crippen molar-refractivity contribution < 1.29 is 14.6 Å². The molecule has 5 heteroatoms. The van der Waals surface area contributed by atoms with Crippen molar-refractivity contribution in [2.75, 3.05) is 20.3 Å². The fraction of sp³-hybridized carbons (Fsp3) is 0.462. The Bertz CT molecular complexity index is 394. The maximum atomic E-state index is 11.6. The van der Waals surface area contributed by atoms with Crippen LogP contribution in [-0.2, 0) is 15.1 Å². The summed E-state index contributed by atoms with van der Waals surface area (Å²) in [7, 11) is 1.58. The molecule has 2 N–H and O–H groups in total. The number of nitrogens with one attached hydrogen (secondary N) is 1. The molecule has 0 aliphatic rings. The van der Waals surface area contributed by atoms with E-state index < -0.39 is 11.5 Å². The second-order valence-electron chi connectivity index (χ2n) is 3.99. The number of ether oxygens (including phenoxy) is 1.